The van der Waals surface area contributed by atoms with Crippen molar-refractivity contribution in [3.63, 3.8) is 0 Å². The van der Waals surface area contributed by atoms with Gasteiger partial charge in [0.05, 0.1) is 21.7 Å². The Hall–Kier alpha value is -1.59. The van der Waals surface area contributed by atoms with Crippen LogP contribution in [0.2, 0.25) is 39.3 Å². The lowest BCUT2D eigenvalue weighted by molar-refractivity contribution is 1.16. The molecule has 3 rings (SSSR count). The lowest BCUT2D eigenvalue weighted by Crippen LogP contribution is -2.46. The van der Waals surface area contributed by atoms with Crippen LogP contribution in [-0.2, 0) is 0 Å². The molecule has 0 bridgehead atoms. The van der Waals surface area contributed by atoms with E-state index in [0.29, 0.717) is 0 Å². The van der Waals surface area contributed by atoms with Crippen LogP contribution in [0.3, 0.4) is 0 Å². The van der Waals surface area contributed by atoms with Gasteiger partial charge in [-0.25, -0.2) is 0 Å². The molecule has 3 heteroatoms. The summed E-state index contributed by atoms with van der Waals surface area (Å²) < 4.78 is 2.55. The van der Waals surface area contributed by atoms with Crippen LogP contribution in [-0.4, -0.2) is 20.7 Å². The molecular weight excluding hydrogens is 310 g/mol. The summed E-state index contributed by atoms with van der Waals surface area (Å²) in [5, 5.41) is 4.42. The summed E-state index contributed by atoms with van der Waals surface area (Å²) in [7, 11) is -2.86. The Morgan fingerprint density at radius 3 is 1.96 bits per heavy atom. The van der Waals surface area contributed by atoms with Gasteiger partial charge in [-0.05, 0) is 28.8 Å². The Kier molecular flexibility index (Phi) is 3.89. The van der Waals surface area contributed by atoms with Gasteiger partial charge in [-0.3, -0.25) is 0 Å². The van der Waals surface area contributed by atoms with Crippen LogP contribution >= 0.6 is 0 Å². The van der Waals surface area contributed by atoms with Crippen LogP contribution in [0.1, 0.15) is 0 Å². The molecule has 0 amide bonds. The van der Waals surface area contributed by atoms with Crippen LogP contribution in [0.4, 0.5) is 0 Å². The summed E-state index contributed by atoms with van der Waals surface area (Å²) >= 11 is 0. The van der Waals surface area contributed by atoms with Crippen LogP contribution in [0.25, 0.3) is 16.6 Å². The first-order valence-corrected chi connectivity index (χ1v) is 15.4. The highest BCUT2D eigenvalue weighted by atomic mass is 28.3. The number of rotatable bonds is 3. The Labute approximate surface area is 142 Å². The van der Waals surface area contributed by atoms with Crippen molar-refractivity contribution < 1.29 is 0 Å². The normalized spacial score (nSPS) is 12.8. The molecule has 1 aromatic heterocycles. The molecule has 0 atom stereocenters. The van der Waals surface area contributed by atoms with Gasteiger partial charge in [-0.2, -0.15) is 0 Å². The van der Waals surface area contributed by atoms with Gasteiger partial charge in [0.25, 0.3) is 0 Å². The first-order valence-electron chi connectivity index (χ1n) is 8.40. The van der Waals surface area contributed by atoms with Crippen molar-refractivity contribution in [2.75, 3.05) is 0 Å². The molecule has 3 aromatic rings. The molecule has 0 spiro atoms. The molecule has 0 radical (unpaired) electrons. The summed E-state index contributed by atoms with van der Waals surface area (Å²) in [5.74, 6) is 0. The van der Waals surface area contributed by atoms with Gasteiger partial charge in [-0.1, -0.05) is 75.7 Å². The monoisotopic (exact) mass is 337 g/mol. The van der Waals surface area contributed by atoms with Crippen molar-refractivity contribution in [3.05, 3.63) is 54.6 Å². The molecule has 1 nitrogen and oxygen atoms in total. The topological polar surface area (TPSA) is 4.93 Å². The fourth-order valence-electron chi connectivity index (χ4n) is 3.27. The van der Waals surface area contributed by atoms with E-state index in [0.717, 1.165) is 0 Å². The van der Waals surface area contributed by atoms with Crippen molar-refractivity contribution in [3.8, 4) is 5.69 Å². The third-order valence-electron chi connectivity index (χ3n) is 4.43. The van der Waals surface area contributed by atoms with Crippen LogP contribution < -0.4 is 10.5 Å². The molecule has 0 aliphatic heterocycles. The van der Waals surface area contributed by atoms with E-state index in [2.05, 4.69) is 98.4 Å². The number of hydrogen-bond donors (Lipinski definition) is 0. The second kappa shape index (κ2) is 5.50. The minimum Gasteiger partial charge on any atom is -0.318 e. The zero-order valence-electron chi connectivity index (χ0n) is 15.1. The Morgan fingerprint density at radius 1 is 0.696 bits per heavy atom. The van der Waals surface area contributed by atoms with Crippen LogP contribution in [0.5, 0.6) is 0 Å². The molecule has 0 aliphatic rings. The van der Waals surface area contributed by atoms with E-state index >= 15 is 0 Å². The summed E-state index contributed by atoms with van der Waals surface area (Å²) in [6.45, 7) is 14.6. The molecule has 0 saturated carbocycles. The first kappa shape index (κ1) is 16.3. The standard InChI is InChI=1S/C20H27NSi2/c1-22(2,3)19-14-10-9-13-18(19)21-17-12-8-7-11-16(17)15-20(21)23(4,5)6/h7-15H,1-6H3. The number of nitrogens with zero attached hydrogens (tertiary/aromatic N) is 1. The predicted molar refractivity (Wildman–Crippen MR) is 109 cm³/mol. The Balaban J connectivity index is 2.41. The second-order valence-corrected chi connectivity index (χ2v) is 18.5. The number of aromatic nitrogens is 1. The third-order valence-corrected chi connectivity index (χ3v) is 8.38. The van der Waals surface area contributed by atoms with E-state index in [1.807, 2.05) is 0 Å². The quantitative estimate of drug-likeness (QED) is 0.609. The van der Waals surface area contributed by atoms with Crippen molar-refractivity contribution in [1.29, 1.82) is 0 Å². The second-order valence-electron chi connectivity index (χ2n) is 8.44. The van der Waals surface area contributed by atoms with Gasteiger partial charge in [0.15, 0.2) is 0 Å². The minimum atomic E-state index is -1.45. The maximum absolute atomic E-state index is 2.55. The highest BCUT2D eigenvalue weighted by Crippen LogP contribution is 2.22. The van der Waals surface area contributed by atoms with E-state index in [4.69, 9.17) is 0 Å². The maximum Gasteiger partial charge on any atom is 0.0990 e. The van der Waals surface area contributed by atoms with E-state index in [1.54, 1.807) is 5.19 Å². The molecule has 1 heterocycles. The van der Waals surface area contributed by atoms with Crippen molar-refractivity contribution in [2.45, 2.75) is 39.3 Å². The van der Waals surface area contributed by atoms with Gasteiger partial charge in [0.1, 0.15) is 0 Å². The van der Waals surface area contributed by atoms with Crippen LogP contribution in [0, 0.1) is 0 Å². The number of para-hydroxylation sites is 2. The Morgan fingerprint density at radius 2 is 1.30 bits per heavy atom. The van der Waals surface area contributed by atoms with Crippen LogP contribution in [0.15, 0.2) is 54.6 Å². The third kappa shape index (κ3) is 2.95. The Bertz CT molecular complexity index is 848. The van der Waals surface area contributed by atoms with E-state index < -0.39 is 16.1 Å². The van der Waals surface area contributed by atoms with E-state index in [9.17, 15) is 0 Å². The highest BCUT2D eigenvalue weighted by molar-refractivity contribution is 6.90. The smallest absolute Gasteiger partial charge is 0.0990 e. The summed E-state index contributed by atoms with van der Waals surface area (Å²) in [6, 6.07) is 20.2. The molecule has 0 N–H and O–H groups in total. The summed E-state index contributed by atoms with van der Waals surface area (Å²) in [5.41, 5.74) is 2.74. The number of fused-ring (bicyclic) bond motifs is 1. The van der Waals surface area contributed by atoms with Crippen molar-refractivity contribution in [1.82, 2.24) is 4.57 Å². The molecule has 0 saturated heterocycles. The van der Waals surface area contributed by atoms with Gasteiger partial charge >= 0.3 is 0 Å². The van der Waals surface area contributed by atoms with E-state index in [1.165, 1.54) is 21.9 Å². The zero-order valence-corrected chi connectivity index (χ0v) is 17.1. The molecule has 0 unspecified atom stereocenters. The van der Waals surface area contributed by atoms with Gasteiger partial charge < -0.3 is 4.57 Å². The fraction of sp³-hybridized carbons (Fsp3) is 0.300. The molecule has 120 valence electrons. The predicted octanol–water partition coefficient (Wildman–Crippen LogP) is 4.72. The summed E-state index contributed by atoms with van der Waals surface area (Å²) in [4.78, 5) is 0. The zero-order chi connectivity index (χ0) is 16.8. The number of benzene rings is 2. The minimum absolute atomic E-state index is 1.34. The van der Waals surface area contributed by atoms with Gasteiger partial charge in [-0.15, -0.1) is 0 Å². The molecule has 23 heavy (non-hydrogen) atoms. The lowest BCUT2D eigenvalue weighted by Gasteiger charge is -2.26. The molecule has 2 aromatic carbocycles. The fourth-order valence-corrected chi connectivity index (χ4v) is 6.33. The SMILES string of the molecule is C[Si](C)(C)c1ccccc1-n1c([Si](C)(C)C)cc2ccccc21. The van der Waals surface area contributed by atoms with E-state index in [-0.39, 0.29) is 0 Å². The highest BCUT2D eigenvalue weighted by Gasteiger charge is 2.27. The molecule has 0 fully saturated rings. The molecular formula is C20H27NSi2. The average Bonchev–Trinajstić information content (AvgIpc) is 2.86. The number of hydrogen-bond acceptors (Lipinski definition) is 0. The average molecular weight is 338 g/mol. The van der Waals surface area contributed by atoms with Crippen molar-refractivity contribution in [2.24, 2.45) is 0 Å². The lowest BCUT2D eigenvalue weighted by atomic mass is 10.2. The van der Waals surface area contributed by atoms with Gasteiger partial charge in [0, 0.05) is 11.0 Å². The van der Waals surface area contributed by atoms with Crippen molar-refractivity contribution >= 4 is 37.6 Å². The summed E-state index contributed by atoms with van der Waals surface area (Å²) in [6.07, 6.45) is 0. The molecule has 0 aliphatic carbocycles. The first-order chi connectivity index (χ1) is 10.7. The maximum atomic E-state index is 2.55. The van der Waals surface area contributed by atoms with Gasteiger partial charge in [0.2, 0.25) is 0 Å². The largest absolute Gasteiger partial charge is 0.318 e.